The van der Waals surface area contributed by atoms with Gasteiger partial charge in [0.15, 0.2) is 0 Å². The number of hydrogen-bond acceptors (Lipinski definition) is 4. The maximum atomic E-state index is 10.7. The van der Waals surface area contributed by atoms with Crippen LogP contribution in [-0.2, 0) is 0 Å². The van der Waals surface area contributed by atoms with Gasteiger partial charge in [-0.2, -0.15) is 0 Å². The average molecular weight is 968 g/mol. The molecule has 0 amide bonds. The molecule has 0 aliphatic rings. The third kappa shape index (κ3) is 29.3. The molecule has 4 nitrogen and oxygen atoms in total. The summed E-state index contributed by atoms with van der Waals surface area (Å²) in [6.45, 7) is 4.62. The molecule has 0 bridgehead atoms. The van der Waals surface area contributed by atoms with Gasteiger partial charge in [-0.3, -0.25) is 0 Å². The van der Waals surface area contributed by atoms with E-state index in [0.29, 0.717) is 0 Å². The number of hydrogen-bond donors (Lipinski definition) is 0. The normalized spacial score (nSPS) is 10.8. The van der Waals surface area contributed by atoms with Crippen LogP contribution in [0.5, 0.6) is 0 Å². The van der Waals surface area contributed by atoms with Crippen molar-refractivity contribution in [3.8, 4) is 0 Å². The summed E-state index contributed by atoms with van der Waals surface area (Å²) in [5, 5.41) is 24.7. The van der Waals surface area contributed by atoms with Gasteiger partial charge in [0.05, 0.1) is 11.9 Å². The molecule has 0 saturated carbocycles. The number of carboxylic acid groups (broad SMARTS) is 2. The molecule has 4 rings (SSSR count). The fourth-order valence-corrected chi connectivity index (χ4v) is 12.1. The summed E-state index contributed by atoms with van der Waals surface area (Å²) < 4.78 is 3.33. The summed E-state index contributed by atoms with van der Waals surface area (Å²) in [6.07, 6.45) is 47.9. The third-order valence-electron chi connectivity index (χ3n) is 12.4. The van der Waals surface area contributed by atoms with Crippen molar-refractivity contribution in [2.24, 2.45) is 0 Å². The predicted molar refractivity (Wildman–Crippen MR) is 271 cm³/mol. The molecule has 5 heteroatoms. The molecule has 0 fully saturated rings. The van der Waals surface area contributed by atoms with E-state index in [9.17, 15) is 19.8 Å². The maximum absolute atomic E-state index is 10.7. The minimum Gasteiger partial charge on any atom is -0.545 e. The van der Waals surface area contributed by atoms with E-state index < -0.39 is 11.9 Å². The van der Waals surface area contributed by atoms with Crippen LogP contribution in [0, 0.1) is 0 Å². The Bertz CT molecular complexity index is 1550. The van der Waals surface area contributed by atoms with E-state index in [0.717, 1.165) is 21.5 Å². The van der Waals surface area contributed by atoms with Crippen molar-refractivity contribution >= 4 is 54.6 Å². The van der Waals surface area contributed by atoms with Gasteiger partial charge in [0.2, 0.25) is 0 Å². The van der Waals surface area contributed by atoms with Crippen molar-refractivity contribution in [3.63, 3.8) is 0 Å². The van der Waals surface area contributed by atoms with Crippen LogP contribution in [-0.4, -0.2) is 33.1 Å². The van der Waals surface area contributed by atoms with Crippen molar-refractivity contribution in [1.82, 2.24) is 0 Å². The Morgan fingerprint density at radius 3 is 0.841 bits per heavy atom. The SMILES string of the molecule is CCCCCCCCCCCCCCCCC[CH2][Sn+2][CH2]CCCCCCCCCCCCCCCCC.O=C([O-])c1cccc2ccccc12.O=C([O-])c1cccc2ccccc12. The zero-order valence-electron chi connectivity index (χ0n) is 40.3. The van der Waals surface area contributed by atoms with Crippen LogP contribution < -0.4 is 10.2 Å². The van der Waals surface area contributed by atoms with Crippen LogP contribution in [0.2, 0.25) is 8.87 Å². The van der Waals surface area contributed by atoms with Crippen molar-refractivity contribution in [2.75, 3.05) is 0 Å². The number of carbonyl (C=O) groups is 2. The van der Waals surface area contributed by atoms with Gasteiger partial charge in [0.25, 0.3) is 0 Å². The summed E-state index contributed by atoms with van der Waals surface area (Å²) in [4.78, 5) is 21.4. The van der Waals surface area contributed by atoms with Crippen molar-refractivity contribution in [2.45, 2.75) is 228 Å². The van der Waals surface area contributed by atoms with Crippen molar-refractivity contribution in [3.05, 3.63) is 96.1 Å². The molecule has 0 aliphatic carbocycles. The van der Waals surface area contributed by atoms with Gasteiger partial charge < -0.3 is 19.8 Å². The number of fused-ring (bicyclic) bond motifs is 2. The Morgan fingerprint density at radius 1 is 0.333 bits per heavy atom. The van der Waals surface area contributed by atoms with Gasteiger partial charge in [-0.05, 0) is 21.5 Å². The Kier molecular flexibility index (Phi) is 36.3. The summed E-state index contributed by atoms with van der Waals surface area (Å²) in [5.41, 5.74) is 0.496. The van der Waals surface area contributed by atoms with Crippen LogP contribution in [0.1, 0.15) is 240 Å². The van der Waals surface area contributed by atoms with E-state index in [2.05, 4.69) is 13.8 Å². The quantitative estimate of drug-likeness (QED) is 0.0336. The summed E-state index contributed by atoms with van der Waals surface area (Å²) in [7, 11) is 0. The van der Waals surface area contributed by atoms with E-state index >= 15 is 0 Å². The number of benzene rings is 4. The second-order valence-corrected chi connectivity index (χ2v) is 22.3. The molecule has 0 aliphatic heterocycles. The van der Waals surface area contributed by atoms with E-state index in [4.69, 9.17) is 0 Å². The second-order valence-electron chi connectivity index (χ2n) is 18.0. The topological polar surface area (TPSA) is 80.3 Å². The zero-order chi connectivity index (χ0) is 45.3. The molecule has 0 saturated heterocycles. The van der Waals surface area contributed by atoms with Crippen LogP contribution >= 0.6 is 0 Å². The van der Waals surface area contributed by atoms with Crippen LogP contribution in [0.3, 0.4) is 0 Å². The first-order valence-electron chi connectivity index (χ1n) is 26.1. The Morgan fingerprint density at radius 2 is 0.571 bits per heavy atom. The minimum atomic E-state index is -1.13. The smallest absolute Gasteiger partial charge is 0.545 e. The first-order chi connectivity index (χ1) is 31.0. The zero-order valence-corrected chi connectivity index (χ0v) is 43.1. The van der Waals surface area contributed by atoms with Gasteiger partial charge in [-0.15, -0.1) is 0 Å². The van der Waals surface area contributed by atoms with Gasteiger partial charge >= 0.3 is 171 Å². The monoisotopic (exact) mass is 969 g/mol. The molecule has 348 valence electrons. The van der Waals surface area contributed by atoms with Crippen molar-refractivity contribution < 1.29 is 19.8 Å². The van der Waals surface area contributed by atoms with Crippen LogP contribution in [0.15, 0.2) is 84.9 Å². The summed E-state index contributed by atoms with van der Waals surface area (Å²) in [6, 6.07) is 25.0. The molecule has 0 radical (unpaired) electrons. The molecule has 0 atom stereocenters. The van der Waals surface area contributed by atoms with E-state index in [1.54, 1.807) is 58.1 Å². The number of aromatic carboxylic acids is 2. The molecular formula is C58H88O4Sn. The molecule has 4 aromatic carbocycles. The number of unbranched alkanes of at least 4 members (excludes halogenated alkanes) is 30. The Hall–Kier alpha value is -2.86. The van der Waals surface area contributed by atoms with Gasteiger partial charge in [0.1, 0.15) is 0 Å². The first kappa shape index (κ1) is 56.3. The molecule has 63 heavy (non-hydrogen) atoms. The molecule has 0 aromatic heterocycles. The number of carboxylic acids is 2. The fraction of sp³-hybridized carbons (Fsp3) is 0.621. The Labute approximate surface area is 396 Å². The molecular weight excluding hydrogens is 879 g/mol. The standard InChI is InChI=1S/2C18H37.2C11H8O2.Sn/c2*1-3-5-7-9-11-13-15-17-18-16-14-12-10-8-6-4-2;2*12-11(13)10-7-3-5-8-4-1-2-6-9(8)10;/h2*1,3-18H2,2H3;2*1-7H,(H,12,13);/q;;;;+2/p-2. The van der Waals surface area contributed by atoms with Crippen LogP contribution in [0.4, 0.5) is 0 Å². The summed E-state index contributed by atoms with van der Waals surface area (Å²) in [5.74, 6) is -2.26. The van der Waals surface area contributed by atoms with E-state index in [1.807, 2.05) is 48.5 Å². The molecule has 4 aromatic rings. The predicted octanol–water partition coefficient (Wildman–Crippen LogP) is 16.5. The van der Waals surface area contributed by atoms with Crippen molar-refractivity contribution in [1.29, 1.82) is 0 Å². The van der Waals surface area contributed by atoms with Gasteiger partial charge in [0, 0.05) is 11.1 Å². The molecule has 0 spiro atoms. The van der Waals surface area contributed by atoms with E-state index in [1.165, 1.54) is 193 Å². The van der Waals surface area contributed by atoms with Gasteiger partial charge in [-0.1, -0.05) is 163 Å². The number of rotatable bonds is 36. The molecule has 0 unspecified atom stereocenters. The van der Waals surface area contributed by atoms with Crippen LogP contribution in [0.25, 0.3) is 21.5 Å². The minimum absolute atomic E-state index is 0.00985. The third-order valence-corrected chi connectivity index (χ3v) is 16.5. The number of carbonyl (C=O) groups excluding carboxylic acids is 2. The van der Waals surface area contributed by atoms with E-state index in [-0.39, 0.29) is 32.3 Å². The molecule has 0 N–H and O–H groups in total. The Balaban J connectivity index is 0.000000415. The molecule has 0 heterocycles. The van der Waals surface area contributed by atoms with Gasteiger partial charge in [-0.25, -0.2) is 0 Å². The summed E-state index contributed by atoms with van der Waals surface area (Å²) >= 11 is 0.00985. The first-order valence-corrected chi connectivity index (χ1v) is 30.1. The average Bonchev–Trinajstić information content (AvgIpc) is 3.30. The fourth-order valence-electron chi connectivity index (χ4n) is 8.53. The second kappa shape index (κ2) is 40.6.